The third-order valence-electron chi connectivity index (χ3n) is 9.86. The maximum atomic E-state index is 5.29. The summed E-state index contributed by atoms with van der Waals surface area (Å²) in [6, 6.07) is 0. The van der Waals surface area contributed by atoms with E-state index in [4.69, 9.17) is 4.74 Å². The van der Waals surface area contributed by atoms with Gasteiger partial charge in [-0.05, 0) is 96.6 Å². The van der Waals surface area contributed by atoms with Crippen molar-refractivity contribution in [2.24, 2.45) is 48.1 Å². The molecule has 0 bridgehead atoms. The molecule has 0 unspecified atom stereocenters. The number of hydrogen-bond donors (Lipinski definition) is 1. The zero-order chi connectivity index (χ0) is 36.3. The van der Waals surface area contributed by atoms with Crippen molar-refractivity contribution in [1.29, 1.82) is 0 Å². The van der Waals surface area contributed by atoms with Crippen LogP contribution in [0.3, 0.4) is 0 Å². The van der Waals surface area contributed by atoms with Gasteiger partial charge in [0.15, 0.2) is 0 Å². The van der Waals surface area contributed by atoms with Gasteiger partial charge in [0.25, 0.3) is 0 Å². The number of aromatic nitrogens is 4. The van der Waals surface area contributed by atoms with Crippen LogP contribution in [0.4, 0.5) is 0 Å². The van der Waals surface area contributed by atoms with Crippen molar-refractivity contribution in [2.45, 2.75) is 153 Å². The van der Waals surface area contributed by atoms with E-state index in [0.717, 1.165) is 36.7 Å². The first-order valence-electron chi connectivity index (χ1n) is 18.6. The lowest BCUT2D eigenvalue weighted by Gasteiger charge is -2.34. The van der Waals surface area contributed by atoms with Gasteiger partial charge < -0.3 is 14.6 Å². The molecule has 3 aliphatic rings. The lowest BCUT2D eigenvalue weighted by Crippen LogP contribution is -2.34. The van der Waals surface area contributed by atoms with E-state index >= 15 is 0 Å². The van der Waals surface area contributed by atoms with E-state index in [1.165, 1.54) is 57.2 Å². The van der Waals surface area contributed by atoms with Crippen molar-refractivity contribution >= 4 is 0 Å². The van der Waals surface area contributed by atoms with Crippen molar-refractivity contribution in [3.05, 3.63) is 36.2 Å². The molecule has 2 saturated heterocycles. The summed E-state index contributed by atoms with van der Waals surface area (Å²) < 4.78 is 9.10. The lowest BCUT2D eigenvalue weighted by atomic mass is 9.76. The van der Waals surface area contributed by atoms with E-state index in [2.05, 4.69) is 132 Å². The minimum Gasteiger partial charge on any atom is -0.381 e. The Morgan fingerprint density at radius 3 is 1.28 bits per heavy atom. The summed E-state index contributed by atoms with van der Waals surface area (Å²) in [6.45, 7) is 38.4. The minimum absolute atomic E-state index is 0.182. The molecule has 3 fully saturated rings. The topological polar surface area (TPSA) is 56.9 Å². The minimum atomic E-state index is 0.182. The number of nitrogens with zero attached hydrogens (tertiary/aromatic N) is 4. The first-order chi connectivity index (χ1) is 21.3. The Balaban J connectivity index is 0.000000295. The highest BCUT2D eigenvalue weighted by molar-refractivity contribution is 5.14. The second kappa shape index (κ2) is 18.4. The Kier molecular flexibility index (Phi) is 16.9. The molecule has 2 aliphatic heterocycles. The van der Waals surface area contributed by atoms with Crippen LogP contribution in [0.15, 0.2) is 24.9 Å². The molecule has 2 aromatic heterocycles. The van der Waals surface area contributed by atoms with Gasteiger partial charge in [-0.25, -0.2) is 4.98 Å². The van der Waals surface area contributed by atoms with Crippen LogP contribution >= 0.6 is 0 Å². The molecule has 0 amide bonds. The summed E-state index contributed by atoms with van der Waals surface area (Å²) in [5.41, 5.74) is 4.48. The van der Waals surface area contributed by atoms with E-state index in [9.17, 15) is 0 Å². The number of rotatable bonds is 0. The van der Waals surface area contributed by atoms with Crippen LogP contribution in [0.2, 0.25) is 0 Å². The van der Waals surface area contributed by atoms with Crippen LogP contribution in [-0.2, 0) is 29.7 Å². The summed E-state index contributed by atoms with van der Waals surface area (Å²) in [6.07, 6.45) is 16.0. The number of aryl methyl sites for hydroxylation is 2. The number of imidazole rings is 1. The molecule has 6 heteroatoms. The van der Waals surface area contributed by atoms with Crippen LogP contribution < -0.4 is 5.32 Å². The standard InChI is InChI=1S/C9H19N.C9H18O.2C8H14N2.C7H14/c2*1-9(2,3)8-4-6-10-7-5-8;1-8(2,3)7-5-10(4)6-9-7;1-8(2,3)7-5-9-10(4)6-7;1-7(2,3)6-4-5-6/h8,10H,4-7H2,1-3H3;8H,4-7H2,1-3H3;2*5-6H,1-4H3;6H,4-5H2,1-3H3. The molecule has 1 aliphatic carbocycles. The highest BCUT2D eigenvalue weighted by atomic mass is 16.5. The Hall–Kier alpha value is -1.66. The Labute approximate surface area is 292 Å². The average Bonchev–Trinajstić information content (AvgIpc) is 3.58. The summed E-state index contributed by atoms with van der Waals surface area (Å²) in [4.78, 5) is 4.25. The molecule has 274 valence electrons. The van der Waals surface area contributed by atoms with Gasteiger partial charge >= 0.3 is 0 Å². The van der Waals surface area contributed by atoms with E-state index in [0.29, 0.717) is 16.2 Å². The molecular formula is C41H79N5O. The Bertz CT molecular complexity index is 1020. The normalized spacial score (nSPS) is 18.3. The second-order valence-corrected chi connectivity index (χ2v) is 19.6. The average molecular weight is 658 g/mol. The van der Waals surface area contributed by atoms with Crippen LogP contribution in [0, 0.1) is 34.0 Å². The maximum absolute atomic E-state index is 5.29. The maximum Gasteiger partial charge on any atom is 0.0947 e. The fourth-order valence-electron chi connectivity index (χ4n) is 5.81. The third kappa shape index (κ3) is 18.6. The predicted molar refractivity (Wildman–Crippen MR) is 204 cm³/mol. The van der Waals surface area contributed by atoms with Crippen LogP contribution in [0.25, 0.3) is 0 Å². The van der Waals surface area contributed by atoms with E-state index in [1.54, 1.807) is 0 Å². The molecule has 6 nitrogen and oxygen atoms in total. The number of hydrogen-bond acceptors (Lipinski definition) is 4. The van der Waals surface area contributed by atoms with Crippen molar-refractivity contribution in [1.82, 2.24) is 24.6 Å². The van der Waals surface area contributed by atoms with Gasteiger partial charge in [-0.2, -0.15) is 5.10 Å². The molecule has 1 N–H and O–H groups in total. The largest absolute Gasteiger partial charge is 0.381 e. The number of ether oxygens (including phenoxy) is 1. The highest BCUT2D eigenvalue weighted by Gasteiger charge is 2.33. The van der Waals surface area contributed by atoms with Gasteiger partial charge in [0.05, 0.1) is 18.2 Å². The Morgan fingerprint density at radius 2 is 1.06 bits per heavy atom. The van der Waals surface area contributed by atoms with Crippen molar-refractivity contribution in [3.63, 3.8) is 0 Å². The first-order valence-corrected chi connectivity index (χ1v) is 18.6. The summed E-state index contributed by atoms with van der Waals surface area (Å²) in [5, 5.41) is 7.49. The summed E-state index contributed by atoms with van der Waals surface area (Å²) in [5.74, 6) is 2.86. The predicted octanol–water partition coefficient (Wildman–Crippen LogP) is 10.4. The molecule has 2 aromatic rings. The third-order valence-corrected chi connectivity index (χ3v) is 9.86. The van der Waals surface area contributed by atoms with Crippen LogP contribution in [-0.4, -0.2) is 45.6 Å². The smallest absolute Gasteiger partial charge is 0.0947 e. The quantitative estimate of drug-likeness (QED) is 0.306. The summed E-state index contributed by atoms with van der Waals surface area (Å²) >= 11 is 0. The zero-order valence-corrected chi connectivity index (χ0v) is 34.3. The monoisotopic (exact) mass is 658 g/mol. The van der Waals surface area contributed by atoms with Crippen LogP contribution in [0.5, 0.6) is 0 Å². The van der Waals surface area contributed by atoms with Crippen molar-refractivity contribution < 1.29 is 4.74 Å². The van der Waals surface area contributed by atoms with Crippen molar-refractivity contribution in [3.8, 4) is 0 Å². The molecule has 47 heavy (non-hydrogen) atoms. The van der Waals surface area contributed by atoms with Gasteiger partial charge in [-0.1, -0.05) is 104 Å². The second-order valence-electron chi connectivity index (χ2n) is 19.6. The van der Waals surface area contributed by atoms with Gasteiger partial charge in [-0.15, -0.1) is 0 Å². The van der Waals surface area contributed by atoms with Gasteiger partial charge in [0, 0.05) is 45.1 Å². The Morgan fingerprint density at radius 1 is 0.617 bits per heavy atom. The van der Waals surface area contributed by atoms with Gasteiger partial charge in [-0.3, -0.25) is 4.68 Å². The molecule has 4 heterocycles. The fraction of sp³-hybridized carbons (Fsp3) is 0.854. The molecule has 1 saturated carbocycles. The van der Waals surface area contributed by atoms with Crippen molar-refractivity contribution in [2.75, 3.05) is 26.3 Å². The van der Waals surface area contributed by atoms with Gasteiger partial charge in [0.1, 0.15) is 0 Å². The van der Waals surface area contributed by atoms with E-state index in [-0.39, 0.29) is 10.8 Å². The molecule has 0 radical (unpaired) electrons. The summed E-state index contributed by atoms with van der Waals surface area (Å²) in [7, 11) is 3.93. The molecule has 0 spiro atoms. The number of piperidine rings is 1. The van der Waals surface area contributed by atoms with Crippen LogP contribution in [0.1, 0.15) is 154 Å². The molecular weight excluding hydrogens is 578 g/mol. The lowest BCUT2D eigenvalue weighted by molar-refractivity contribution is 0.0286. The van der Waals surface area contributed by atoms with E-state index < -0.39 is 0 Å². The number of nitrogens with one attached hydrogen (secondary N) is 1. The molecule has 5 rings (SSSR count). The highest BCUT2D eigenvalue weighted by Crippen LogP contribution is 2.44. The molecule has 0 aromatic carbocycles. The zero-order valence-electron chi connectivity index (χ0n) is 34.3. The van der Waals surface area contributed by atoms with E-state index in [1.807, 2.05) is 35.9 Å². The molecule has 0 atom stereocenters. The van der Waals surface area contributed by atoms with Gasteiger partial charge in [0.2, 0.25) is 0 Å². The first kappa shape index (κ1) is 43.4. The SMILES string of the molecule is CC(C)(C)C1CC1.CC(C)(C)C1CCNCC1.CC(C)(C)C1CCOCC1.Cn1cc(C(C)(C)C)cn1.Cn1cnc(C(C)(C)C)c1. The fourth-order valence-corrected chi connectivity index (χ4v) is 5.81.